The number of aromatic hydroxyl groups is 1. The highest BCUT2D eigenvalue weighted by molar-refractivity contribution is 9.10. The van der Waals surface area contributed by atoms with Crippen molar-refractivity contribution in [2.45, 2.75) is 13.0 Å². The van der Waals surface area contributed by atoms with E-state index in [-0.39, 0.29) is 12.4 Å². The van der Waals surface area contributed by atoms with Crippen LogP contribution in [0.25, 0.3) is 0 Å². The highest BCUT2D eigenvalue weighted by Crippen LogP contribution is 2.32. The summed E-state index contributed by atoms with van der Waals surface area (Å²) in [5, 5.41) is 12.5. The quantitative estimate of drug-likeness (QED) is 0.803. The Morgan fingerprint density at radius 2 is 2.00 bits per heavy atom. The van der Waals surface area contributed by atoms with Gasteiger partial charge in [-0.1, -0.05) is 46.3 Å². The van der Waals surface area contributed by atoms with E-state index in [0.29, 0.717) is 18.7 Å². The summed E-state index contributed by atoms with van der Waals surface area (Å²) < 4.78 is 11.0. The fourth-order valence-electron chi connectivity index (χ4n) is 2.02. The van der Waals surface area contributed by atoms with Crippen LogP contribution in [0, 0.1) is 0 Å². The van der Waals surface area contributed by atoms with Gasteiger partial charge >= 0.3 is 6.09 Å². The molecule has 0 aliphatic heterocycles. The van der Waals surface area contributed by atoms with E-state index in [1.807, 2.05) is 30.3 Å². The third-order valence-corrected chi connectivity index (χ3v) is 3.96. The molecule has 0 fully saturated rings. The van der Waals surface area contributed by atoms with Crippen molar-refractivity contribution in [3.63, 3.8) is 0 Å². The average molecular weight is 380 g/mol. The lowest BCUT2D eigenvalue weighted by molar-refractivity contribution is 0.140. The number of nitrogens with one attached hydrogen (secondary N) is 1. The zero-order valence-corrected chi connectivity index (χ0v) is 14.3. The van der Waals surface area contributed by atoms with Crippen molar-refractivity contribution in [3.05, 3.63) is 58.1 Å². The SMILES string of the molecule is COc1cc(Br)c(CCNC(=O)OCc2ccccc2)cc1O. The first kappa shape index (κ1) is 17.1. The Morgan fingerprint density at radius 3 is 2.70 bits per heavy atom. The van der Waals surface area contributed by atoms with Gasteiger partial charge in [-0.2, -0.15) is 0 Å². The highest BCUT2D eigenvalue weighted by atomic mass is 79.9. The van der Waals surface area contributed by atoms with Crippen molar-refractivity contribution < 1.29 is 19.4 Å². The lowest BCUT2D eigenvalue weighted by atomic mass is 10.1. The van der Waals surface area contributed by atoms with E-state index in [1.165, 1.54) is 7.11 Å². The van der Waals surface area contributed by atoms with Gasteiger partial charge < -0.3 is 19.9 Å². The molecule has 0 radical (unpaired) electrons. The van der Waals surface area contributed by atoms with Crippen molar-refractivity contribution >= 4 is 22.0 Å². The molecule has 23 heavy (non-hydrogen) atoms. The molecule has 5 nitrogen and oxygen atoms in total. The van der Waals surface area contributed by atoms with Crippen LogP contribution >= 0.6 is 15.9 Å². The van der Waals surface area contributed by atoms with Gasteiger partial charge in [0.2, 0.25) is 0 Å². The summed E-state index contributed by atoms with van der Waals surface area (Å²) in [5.74, 6) is 0.466. The molecule has 0 aromatic heterocycles. The van der Waals surface area contributed by atoms with Crippen LogP contribution in [0.15, 0.2) is 46.9 Å². The first-order valence-electron chi connectivity index (χ1n) is 7.10. The highest BCUT2D eigenvalue weighted by Gasteiger charge is 2.09. The predicted molar refractivity (Wildman–Crippen MR) is 90.7 cm³/mol. The number of phenolic OH excluding ortho intramolecular Hbond substituents is 1. The van der Waals surface area contributed by atoms with Crippen LogP contribution in [0.1, 0.15) is 11.1 Å². The first-order valence-corrected chi connectivity index (χ1v) is 7.89. The minimum Gasteiger partial charge on any atom is -0.504 e. The number of amides is 1. The van der Waals surface area contributed by atoms with Gasteiger partial charge in [0.05, 0.1) is 7.11 Å². The topological polar surface area (TPSA) is 67.8 Å². The maximum atomic E-state index is 11.6. The number of ether oxygens (including phenoxy) is 2. The molecule has 2 N–H and O–H groups in total. The number of alkyl carbamates (subject to hydrolysis) is 1. The van der Waals surface area contributed by atoms with Gasteiger partial charge in [0.15, 0.2) is 11.5 Å². The Labute approximate surface area is 143 Å². The van der Waals surface area contributed by atoms with Crippen LogP contribution < -0.4 is 10.1 Å². The van der Waals surface area contributed by atoms with Crippen LogP contribution in [0.4, 0.5) is 4.79 Å². The van der Waals surface area contributed by atoms with E-state index in [9.17, 15) is 9.90 Å². The Kier molecular flexibility index (Phi) is 6.29. The van der Waals surface area contributed by atoms with Crippen LogP contribution in [0.3, 0.4) is 0 Å². The molecule has 2 aromatic rings. The van der Waals surface area contributed by atoms with Gasteiger partial charge in [-0.15, -0.1) is 0 Å². The van der Waals surface area contributed by atoms with Gasteiger partial charge in [0.25, 0.3) is 0 Å². The Bertz CT molecular complexity index is 661. The third-order valence-electron chi connectivity index (χ3n) is 3.22. The molecule has 0 unspecified atom stereocenters. The molecule has 0 saturated carbocycles. The summed E-state index contributed by atoms with van der Waals surface area (Å²) in [7, 11) is 1.49. The zero-order valence-electron chi connectivity index (χ0n) is 12.7. The van der Waals surface area contributed by atoms with Gasteiger partial charge in [-0.05, 0) is 29.7 Å². The zero-order chi connectivity index (χ0) is 16.7. The molecule has 2 rings (SSSR count). The van der Waals surface area contributed by atoms with E-state index >= 15 is 0 Å². The minimum atomic E-state index is -0.470. The number of carbonyl (C=O) groups is 1. The smallest absolute Gasteiger partial charge is 0.407 e. The molecule has 0 spiro atoms. The van der Waals surface area contributed by atoms with Crippen LogP contribution in [-0.2, 0) is 17.8 Å². The Balaban J connectivity index is 1.78. The normalized spacial score (nSPS) is 10.2. The van der Waals surface area contributed by atoms with E-state index in [0.717, 1.165) is 15.6 Å². The maximum absolute atomic E-state index is 11.6. The summed E-state index contributed by atoms with van der Waals surface area (Å²) in [6, 6.07) is 12.8. The summed E-state index contributed by atoms with van der Waals surface area (Å²) in [5.41, 5.74) is 1.80. The summed E-state index contributed by atoms with van der Waals surface area (Å²) in [6.45, 7) is 0.637. The maximum Gasteiger partial charge on any atom is 0.407 e. The van der Waals surface area contributed by atoms with Crippen molar-refractivity contribution in [2.24, 2.45) is 0 Å². The Morgan fingerprint density at radius 1 is 1.26 bits per heavy atom. The average Bonchev–Trinajstić information content (AvgIpc) is 2.56. The first-order chi connectivity index (χ1) is 11.1. The van der Waals surface area contributed by atoms with E-state index in [1.54, 1.807) is 12.1 Å². The standard InChI is InChI=1S/C17H18BrNO4/c1-22-16-10-14(18)13(9-15(16)20)7-8-19-17(21)23-11-12-5-3-2-4-6-12/h2-6,9-10,20H,7-8,11H2,1H3,(H,19,21). The molecular formula is C17H18BrNO4. The molecule has 122 valence electrons. The minimum absolute atomic E-state index is 0.0670. The van der Waals surface area contributed by atoms with Gasteiger partial charge in [0, 0.05) is 11.0 Å². The number of phenols is 1. The van der Waals surface area contributed by atoms with E-state index in [2.05, 4.69) is 21.2 Å². The fourth-order valence-corrected chi connectivity index (χ4v) is 2.54. The summed E-state index contributed by atoms with van der Waals surface area (Å²) in [6.07, 6.45) is 0.0844. The molecule has 2 aromatic carbocycles. The number of hydrogen-bond donors (Lipinski definition) is 2. The summed E-state index contributed by atoms with van der Waals surface area (Å²) >= 11 is 3.42. The monoisotopic (exact) mass is 379 g/mol. The second kappa shape index (κ2) is 8.43. The summed E-state index contributed by atoms with van der Waals surface area (Å²) in [4.78, 5) is 11.6. The van der Waals surface area contributed by atoms with Crippen molar-refractivity contribution in [1.82, 2.24) is 5.32 Å². The number of halogens is 1. The molecular weight excluding hydrogens is 362 g/mol. The number of methoxy groups -OCH3 is 1. The predicted octanol–water partition coefficient (Wildman–Crippen LogP) is 3.63. The fraction of sp³-hybridized carbons (Fsp3) is 0.235. The number of hydrogen-bond acceptors (Lipinski definition) is 4. The van der Waals surface area contributed by atoms with E-state index in [4.69, 9.17) is 9.47 Å². The molecule has 0 atom stereocenters. The molecule has 0 aliphatic carbocycles. The molecule has 0 aliphatic rings. The second-order valence-electron chi connectivity index (χ2n) is 4.85. The van der Waals surface area contributed by atoms with Gasteiger partial charge in [-0.25, -0.2) is 4.79 Å². The largest absolute Gasteiger partial charge is 0.504 e. The molecule has 0 saturated heterocycles. The van der Waals surface area contributed by atoms with Crippen molar-refractivity contribution in [1.29, 1.82) is 0 Å². The van der Waals surface area contributed by atoms with Crippen LogP contribution in [0.2, 0.25) is 0 Å². The van der Waals surface area contributed by atoms with Crippen LogP contribution in [0.5, 0.6) is 11.5 Å². The number of rotatable bonds is 6. The van der Waals surface area contributed by atoms with Crippen molar-refractivity contribution in [3.8, 4) is 11.5 Å². The third kappa shape index (κ3) is 5.17. The molecule has 1 amide bonds. The lowest BCUT2D eigenvalue weighted by Crippen LogP contribution is -2.26. The molecule has 6 heteroatoms. The second-order valence-corrected chi connectivity index (χ2v) is 5.71. The Hall–Kier alpha value is -2.21. The van der Waals surface area contributed by atoms with E-state index < -0.39 is 6.09 Å². The number of benzene rings is 2. The van der Waals surface area contributed by atoms with Gasteiger partial charge in [0.1, 0.15) is 6.61 Å². The van der Waals surface area contributed by atoms with Crippen molar-refractivity contribution in [2.75, 3.05) is 13.7 Å². The lowest BCUT2D eigenvalue weighted by Gasteiger charge is -2.10. The van der Waals surface area contributed by atoms with Crippen LogP contribution in [-0.4, -0.2) is 24.9 Å². The van der Waals surface area contributed by atoms with Gasteiger partial charge in [-0.3, -0.25) is 0 Å². The number of carbonyl (C=O) groups excluding carboxylic acids is 1. The molecule has 0 bridgehead atoms. The molecule has 0 heterocycles.